The van der Waals surface area contributed by atoms with Gasteiger partial charge in [-0.15, -0.1) is 5.10 Å². The van der Waals surface area contributed by atoms with E-state index in [0.717, 1.165) is 38.8 Å². The number of pyridine rings is 1. The molecule has 1 saturated heterocycles. The van der Waals surface area contributed by atoms with Crippen LogP contribution in [-0.2, 0) is 0 Å². The standard InChI is InChI=1S/C26H24ClFN8/c27-22-12-19(11-21-24(33-35-9-1-2-10-35)17(13-29)14-30-26(21)22)31-25(16-3-5-18(28)6-4-16)23-15-36(34-32-23)20-7-8-20/h3-6,11-12,14-15,20,25,31H,1-2,7-10H2,(H,30,33)/t25-/m0/s1/i25D. The number of hydrogen-bond acceptors (Lipinski definition) is 7. The van der Waals surface area contributed by atoms with Gasteiger partial charge in [0, 0.05) is 30.4 Å². The van der Waals surface area contributed by atoms with Gasteiger partial charge in [0.25, 0.3) is 0 Å². The normalized spacial score (nSPS) is 18.0. The predicted octanol–water partition coefficient (Wildman–Crippen LogP) is 5.45. The van der Waals surface area contributed by atoms with Crippen molar-refractivity contribution in [2.75, 3.05) is 23.8 Å². The van der Waals surface area contributed by atoms with Crippen LogP contribution in [0.3, 0.4) is 0 Å². The third-order valence-corrected chi connectivity index (χ3v) is 6.80. The van der Waals surface area contributed by atoms with E-state index in [4.69, 9.17) is 11.6 Å². The van der Waals surface area contributed by atoms with E-state index in [-0.39, 0.29) is 0 Å². The van der Waals surface area contributed by atoms with Crippen LogP contribution >= 0.6 is 11.6 Å². The van der Waals surface area contributed by atoms with Gasteiger partial charge in [0.15, 0.2) is 0 Å². The van der Waals surface area contributed by atoms with Crippen molar-refractivity contribution in [3.63, 3.8) is 0 Å². The van der Waals surface area contributed by atoms with Gasteiger partial charge in [-0.25, -0.2) is 14.1 Å². The van der Waals surface area contributed by atoms with Crippen molar-refractivity contribution in [2.45, 2.75) is 37.7 Å². The molecule has 1 aliphatic heterocycles. The lowest BCUT2D eigenvalue weighted by atomic mass is 10.0. The summed E-state index contributed by atoms with van der Waals surface area (Å²) < 4.78 is 25.0. The van der Waals surface area contributed by atoms with Gasteiger partial charge in [-0.1, -0.05) is 28.9 Å². The molecule has 36 heavy (non-hydrogen) atoms. The molecule has 0 bridgehead atoms. The Balaban J connectivity index is 1.45. The molecule has 182 valence electrons. The van der Waals surface area contributed by atoms with Crippen LogP contribution in [0.5, 0.6) is 0 Å². The van der Waals surface area contributed by atoms with Gasteiger partial charge < -0.3 is 10.7 Å². The largest absolute Gasteiger partial charge is 0.373 e. The zero-order valence-electron chi connectivity index (χ0n) is 20.4. The molecule has 0 spiro atoms. The molecule has 6 rings (SSSR count). The average Bonchev–Trinajstić information content (AvgIpc) is 3.38. The fourth-order valence-electron chi connectivity index (χ4n) is 4.48. The minimum Gasteiger partial charge on any atom is -0.373 e. The van der Waals surface area contributed by atoms with E-state index < -0.39 is 11.8 Å². The molecule has 2 aromatic carbocycles. The summed E-state index contributed by atoms with van der Waals surface area (Å²) in [6.07, 6.45) is 7.48. The summed E-state index contributed by atoms with van der Waals surface area (Å²) in [5.74, 6) is -0.394. The molecule has 10 heteroatoms. The Hall–Kier alpha value is -3.74. The molecule has 3 heterocycles. The van der Waals surface area contributed by atoms with Gasteiger partial charge in [0.05, 0.1) is 41.4 Å². The molecule has 0 amide bonds. The highest BCUT2D eigenvalue weighted by molar-refractivity contribution is 6.35. The molecule has 0 radical (unpaired) electrons. The number of hydrogen-bond donors (Lipinski definition) is 2. The van der Waals surface area contributed by atoms with E-state index in [0.29, 0.717) is 50.2 Å². The van der Waals surface area contributed by atoms with Crippen molar-refractivity contribution in [1.82, 2.24) is 25.0 Å². The highest BCUT2D eigenvalue weighted by Crippen LogP contribution is 2.37. The van der Waals surface area contributed by atoms with E-state index in [1.165, 1.54) is 18.3 Å². The first-order valence-corrected chi connectivity index (χ1v) is 12.3. The van der Waals surface area contributed by atoms with Crippen molar-refractivity contribution in [3.8, 4) is 6.07 Å². The van der Waals surface area contributed by atoms with Gasteiger partial charge in [-0.2, -0.15) is 5.26 Å². The smallest absolute Gasteiger partial charge is 0.123 e. The van der Waals surface area contributed by atoms with Gasteiger partial charge in [0.2, 0.25) is 0 Å². The molecule has 0 unspecified atom stereocenters. The minimum absolute atomic E-state index is 0.295. The highest BCUT2D eigenvalue weighted by Gasteiger charge is 2.27. The molecular formula is C26H24ClFN8. The van der Waals surface area contributed by atoms with E-state index >= 15 is 0 Å². The number of nitrogens with zero attached hydrogens (tertiary/aromatic N) is 6. The van der Waals surface area contributed by atoms with Gasteiger partial charge in [-0.05, 0) is 55.5 Å². The van der Waals surface area contributed by atoms with Crippen LogP contribution in [0, 0.1) is 17.1 Å². The first-order valence-electron chi connectivity index (χ1n) is 12.4. The Morgan fingerprint density at radius 2 is 1.97 bits per heavy atom. The average molecular weight is 504 g/mol. The fraction of sp³-hybridized carbons (Fsp3) is 0.308. The van der Waals surface area contributed by atoms with Crippen LogP contribution in [0.2, 0.25) is 5.02 Å². The number of anilines is 2. The Labute approximate surface area is 214 Å². The maximum absolute atomic E-state index is 13.8. The van der Waals surface area contributed by atoms with Gasteiger partial charge in [0.1, 0.15) is 17.6 Å². The molecule has 1 saturated carbocycles. The van der Waals surface area contributed by atoms with E-state index in [9.17, 15) is 11.0 Å². The Morgan fingerprint density at radius 1 is 1.19 bits per heavy atom. The van der Waals surface area contributed by atoms with Crippen LogP contribution in [-0.4, -0.2) is 38.1 Å². The second kappa shape index (κ2) is 9.37. The lowest BCUT2D eigenvalue weighted by molar-refractivity contribution is 0.411. The molecule has 8 nitrogen and oxygen atoms in total. The van der Waals surface area contributed by atoms with E-state index in [1.807, 2.05) is 6.07 Å². The monoisotopic (exact) mass is 503 g/mol. The van der Waals surface area contributed by atoms with Crippen LogP contribution in [0.4, 0.5) is 15.8 Å². The summed E-state index contributed by atoms with van der Waals surface area (Å²) in [6, 6.07) is 10.2. The van der Waals surface area contributed by atoms with Crippen molar-refractivity contribution in [2.24, 2.45) is 0 Å². The maximum atomic E-state index is 13.8. The quantitative estimate of drug-likeness (QED) is 0.346. The zero-order chi connectivity index (χ0) is 25.6. The SMILES string of the molecule is [2H][C@](Nc1cc(Cl)c2ncc(C#N)c(NN3CCCC3)c2c1)(c1ccc(F)cc1)c1cn(C2CC2)nn1. The van der Waals surface area contributed by atoms with Crippen molar-refractivity contribution >= 4 is 33.9 Å². The third-order valence-electron chi connectivity index (χ3n) is 6.51. The van der Waals surface area contributed by atoms with Crippen molar-refractivity contribution in [1.29, 1.82) is 5.26 Å². The Bertz CT molecular complexity index is 1510. The van der Waals surface area contributed by atoms with Crippen molar-refractivity contribution < 1.29 is 5.76 Å². The first kappa shape index (κ1) is 21.5. The first-order chi connectivity index (χ1) is 17.9. The molecule has 4 aromatic rings. The number of benzene rings is 2. The second-order valence-electron chi connectivity index (χ2n) is 9.14. The molecule has 2 N–H and O–H groups in total. The number of halogens is 2. The number of aromatic nitrogens is 4. The summed E-state index contributed by atoms with van der Waals surface area (Å²) in [4.78, 5) is 4.43. The number of nitrogens with one attached hydrogen (secondary N) is 2. The lowest BCUT2D eigenvalue weighted by Crippen LogP contribution is -2.26. The Kier molecular flexibility index (Phi) is 5.61. The number of nitriles is 1. The summed E-state index contributed by atoms with van der Waals surface area (Å²) in [5.41, 5.74) is 6.35. The summed E-state index contributed by atoms with van der Waals surface area (Å²) >= 11 is 6.67. The molecule has 1 atom stereocenters. The second-order valence-corrected chi connectivity index (χ2v) is 9.55. The summed E-state index contributed by atoms with van der Waals surface area (Å²) in [5, 5.41) is 24.7. The van der Waals surface area contributed by atoms with Crippen LogP contribution in [0.1, 0.15) is 55.9 Å². The number of fused-ring (bicyclic) bond motifs is 1. The highest BCUT2D eigenvalue weighted by atomic mass is 35.5. The van der Waals surface area contributed by atoms with Gasteiger partial charge >= 0.3 is 0 Å². The summed E-state index contributed by atoms with van der Waals surface area (Å²) in [6.45, 7) is 1.74. The number of rotatable bonds is 7. The summed E-state index contributed by atoms with van der Waals surface area (Å²) in [7, 11) is 0. The van der Waals surface area contributed by atoms with Crippen molar-refractivity contribution in [3.05, 3.63) is 76.5 Å². The molecule has 1 aliphatic carbocycles. The minimum atomic E-state index is -1.58. The van der Waals surface area contributed by atoms with Crippen LogP contribution < -0.4 is 10.7 Å². The zero-order valence-corrected chi connectivity index (χ0v) is 20.1. The maximum Gasteiger partial charge on any atom is 0.123 e. The topological polar surface area (TPSA) is 94.7 Å². The Morgan fingerprint density at radius 3 is 2.69 bits per heavy atom. The van der Waals surface area contributed by atoms with Gasteiger partial charge in [-0.3, -0.25) is 4.98 Å². The molecule has 2 aromatic heterocycles. The van der Waals surface area contributed by atoms with E-state index in [1.54, 1.807) is 29.1 Å². The van der Waals surface area contributed by atoms with Crippen LogP contribution in [0.15, 0.2) is 48.8 Å². The fourth-order valence-corrected chi connectivity index (χ4v) is 4.75. The number of hydrazine groups is 1. The third kappa shape index (κ3) is 4.45. The predicted molar refractivity (Wildman–Crippen MR) is 136 cm³/mol. The molecule has 2 fully saturated rings. The van der Waals surface area contributed by atoms with E-state index in [2.05, 4.69) is 37.1 Å². The molecular weight excluding hydrogens is 479 g/mol. The van der Waals surface area contributed by atoms with Crippen LogP contribution in [0.25, 0.3) is 10.9 Å². The lowest BCUT2D eigenvalue weighted by Gasteiger charge is -2.22. The molecule has 2 aliphatic rings.